The van der Waals surface area contributed by atoms with E-state index in [-0.39, 0.29) is 5.91 Å². The number of nitrogens with two attached hydrogens (primary N) is 1. The van der Waals surface area contributed by atoms with Gasteiger partial charge in [0.15, 0.2) is 0 Å². The van der Waals surface area contributed by atoms with Crippen molar-refractivity contribution in [2.24, 2.45) is 0 Å². The van der Waals surface area contributed by atoms with E-state index in [1.165, 1.54) is 0 Å². The minimum Gasteiger partial charge on any atom is -0.397 e. The van der Waals surface area contributed by atoms with Crippen LogP contribution in [0.15, 0.2) is 60.7 Å². The Hall–Kier alpha value is -2.81. The summed E-state index contributed by atoms with van der Waals surface area (Å²) in [7, 11) is 0. The Morgan fingerprint density at radius 3 is 2.57 bits per heavy atom. The molecule has 3 rings (SSSR count). The van der Waals surface area contributed by atoms with E-state index in [0.717, 1.165) is 16.3 Å². The van der Waals surface area contributed by atoms with Crippen molar-refractivity contribution in [3.8, 4) is 0 Å². The van der Waals surface area contributed by atoms with E-state index >= 15 is 0 Å². The minimum atomic E-state index is -0.151. The van der Waals surface area contributed by atoms with E-state index < -0.39 is 0 Å². The summed E-state index contributed by atoms with van der Waals surface area (Å²) in [4.78, 5) is 12.5. The fourth-order valence-electron chi connectivity index (χ4n) is 2.41. The van der Waals surface area contributed by atoms with Crippen LogP contribution < -0.4 is 11.1 Å². The lowest BCUT2D eigenvalue weighted by Crippen LogP contribution is -2.13. The van der Waals surface area contributed by atoms with Crippen molar-refractivity contribution in [3.05, 3.63) is 71.8 Å². The van der Waals surface area contributed by atoms with Gasteiger partial charge in [0.2, 0.25) is 0 Å². The van der Waals surface area contributed by atoms with Crippen LogP contribution in [0.3, 0.4) is 0 Å². The molecule has 0 heterocycles. The fraction of sp³-hybridized carbons (Fsp3) is 0.0556. The third-order valence-electron chi connectivity index (χ3n) is 3.49. The Labute approximate surface area is 123 Å². The fourth-order valence-corrected chi connectivity index (χ4v) is 2.41. The smallest absolute Gasteiger partial charge is 0.256 e. The Morgan fingerprint density at radius 2 is 1.76 bits per heavy atom. The highest BCUT2D eigenvalue weighted by atomic mass is 16.1. The zero-order chi connectivity index (χ0) is 14.8. The molecule has 3 aromatic rings. The molecule has 0 radical (unpaired) electrons. The van der Waals surface area contributed by atoms with Gasteiger partial charge in [-0.1, -0.05) is 42.5 Å². The van der Waals surface area contributed by atoms with Gasteiger partial charge in [-0.2, -0.15) is 0 Å². The molecule has 0 aliphatic carbocycles. The van der Waals surface area contributed by atoms with E-state index in [9.17, 15) is 4.79 Å². The number of carbonyl (C=O) groups excluding carboxylic acids is 1. The molecule has 1 amide bonds. The summed E-state index contributed by atoms with van der Waals surface area (Å²) in [5, 5.41) is 4.86. The average Bonchev–Trinajstić information content (AvgIpc) is 2.49. The topological polar surface area (TPSA) is 55.1 Å². The molecule has 0 atom stereocenters. The van der Waals surface area contributed by atoms with E-state index in [1.807, 2.05) is 67.6 Å². The predicted octanol–water partition coefficient (Wildman–Crippen LogP) is 3.98. The second-order valence-electron chi connectivity index (χ2n) is 5.07. The van der Waals surface area contributed by atoms with Gasteiger partial charge in [0, 0.05) is 5.56 Å². The van der Waals surface area contributed by atoms with Crippen LogP contribution in [0.1, 0.15) is 15.9 Å². The highest BCUT2D eigenvalue weighted by Gasteiger charge is 2.11. The van der Waals surface area contributed by atoms with Crippen LogP contribution in [-0.2, 0) is 0 Å². The molecule has 0 fully saturated rings. The quantitative estimate of drug-likeness (QED) is 0.695. The van der Waals surface area contributed by atoms with Gasteiger partial charge in [0.05, 0.1) is 11.4 Å². The lowest BCUT2D eigenvalue weighted by Gasteiger charge is -2.10. The first-order valence-electron chi connectivity index (χ1n) is 6.80. The van der Waals surface area contributed by atoms with E-state index in [4.69, 9.17) is 5.73 Å². The Morgan fingerprint density at radius 1 is 1.00 bits per heavy atom. The van der Waals surface area contributed by atoms with Crippen LogP contribution in [0, 0.1) is 6.92 Å². The zero-order valence-corrected chi connectivity index (χ0v) is 11.8. The molecule has 0 unspecified atom stereocenters. The van der Waals surface area contributed by atoms with Crippen LogP contribution in [0.5, 0.6) is 0 Å². The number of benzene rings is 3. The summed E-state index contributed by atoms with van der Waals surface area (Å²) in [5.41, 5.74) is 8.87. The Balaban J connectivity index is 1.97. The number of anilines is 2. The van der Waals surface area contributed by atoms with Crippen LogP contribution in [0.4, 0.5) is 11.4 Å². The van der Waals surface area contributed by atoms with Gasteiger partial charge < -0.3 is 11.1 Å². The van der Waals surface area contributed by atoms with Gasteiger partial charge >= 0.3 is 0 Å². The molecular weight excluding hydrogens is 260 g/mol. The third kappa shape index (κ3) is 2.58. The summed E-state index contributed by atoms with van der Waals surface area (Å²) in [6.07, 6.45) is 0. The first kappa shape index (κ1) is 13.2. The maximum absolute atomic E-state index is 12.5. The number of rotatable bonds is 2. The first-order valence-corrected chi connectivity index (χ1v) is 6.80. The van der Waals surface area contributed by atoms with Gasteiger partial charge in [-0.15, -0.1) is 0 Å². The summed E-state index contributed by atoms with van der Waals surface area (Å²) in [6, 6.07) is 19.1. The highest BCUT2D eigenvalue weighted by Crippen LogP contribution is 2.23. The number of amides is 1. The van der Waals surface area contributed by atoms with Crippen molar-refractivity contribution < 1.29 is 4.79 Å². The molecule has 104 valence electrons. The number of aryl methyl sites for hydroxylation is 1. The van der Waals surface area contributed by atoms with Crippen LogP contribution in [0.25, 0.3) is 10.8 Å². The number of nitrogens with one attached hydrogen (secondary N) is 1. The Bertz CT molecular complexity index is 819. The molecule has 0 saturated heterocycles. The second-order valence-corrected chi connectivity index (χ2v) is 5.07. The van der Waals surface area contributed by atoms with Crippen LogP contribution >= 0.6 is 0 Å². The lowest BCUT2D eigenvalue weighted by molar-refractivity contribution is 0.102. The van der Waals surface area contributed by atoms with Crippen LogP contribution in [0.2, 0.25) is 0 Å². The number of fused-ring (bicyclic) bond motifs is 1. The van der Waals surface area contributed by atoms with Crippen molar-refractivity contribution in [1.29, 1.82) is 0 Å². The normalized spacial score (nSPS) is 10.5. The average molecular weight is 276 g/mol. The van der Waals surface area contributed by atoms with Crippen molar-refractivity contribution in [1.82, 2.24) is 0 Å². The summed E-state index contributed by atoms with van der Waals surface area (Å²) in [6.45, 7) is 1.96. The van der Waals surface area contributed by atoms with Gasteiger partial charge in [0.1, 0.15) is 0 Å². The van der Waals surface area contributed by atoms with Crippen molar-refractivity contribution in [2.45, 2.75) is 6.92 Å². The molecule has 21 heavy (non-hydrogen) atoms. The molecule has 0 aliphatic rings. The zero-order valence-electron chi connectivity index (χ0n) is 11.8. The minimum absolute atomic E-state index is 0.151. The third-order valence-corrected chi connectivity index (χ3v) is 3.49. The monoisotopic (exact) mass is 276 g/mol. The van der Waals surface area contributed by atoms with Crippen molar-refractivity contribution >= 4 is 28.1 Å². The van der Waals surface area contributed by atoms with Crippen molar-refractivity contribution in [2.75, 3.05) is 11.1 Å². The first-order chi connectivity index (χ1) is 10.1. The molecule has 0 spiro atoms. The van der Waals surface area contributed by atoms with Crippen molar-refractivity contribution in [3.63, 3.8) is 0 Å². The van der Waals surface area contributed by atoms with E-state index in [1.54, 1.807) is 0 Å². The van der Waals surface area contributed by atoms with E-state index in [2.05, 4.69) is 5.32 Å². The largest absolute Gasteiger partial charge is 0.397 e. The summed E-state index contributed by atoms with van der Waals surface area (Å²) in [5.74, 6) is -0.151. The molecule has 3 aromatic carbocycles. The number of nitrogen functional groups attached to an aromatic ring is 1. The van der Waals surface area contributed by atoms with Gasteiger partial charge in [0.25, 0.3) is 5.91 Å². The maximum atomic E-state index is 12.5. The number of carbonyl (C=O) groups is 1. The maximum Gasteiger partial charge on any atom is 0.256 e. The molecule has 0 bridgehead atoms. The van der Waals surface area contributed by atoms with Gasteiger partial charge in [-0.05, 0) is 41.5 Å². The highest BCUT2D eigenvalue weighted by molar-refractivity contribution is 6.13. The SMILES string of the molecule is Cc1ccc(NC(=O)c2cccc3ccccc23)c(N)c1. The molecule has 3 nitrogen and oxygen atoms in total. The molecule has 3 N–H and O–H groups in total. The van der Waals surface area contributed by atoms with Crippen LogP contribution in [-0.4, -0.2) is 5.91 Å². The molecular formula is C18H16N2O. The summed E-state index contributed by atoms with van der Waals surface area (Å²) >= 11 is 0. The van der Waals surface area contributed by atoms with Gasteiger partial charge in [-0.25, -0.2) is 0 Å². The molecule has 3 heteroatoms. The standard InChI is InChI=1S/C18H16N2O/c1-12-9-10-17(16(19)11-12)20-18(21)15-8-4-6-13-5-2-3-7-14(13)15/h2-11H,19H2,1H3,(H,20,21). The molecule has 0 aliphatic heterocycles. The van der Waals surface area contributed by atoms with Gasteiger partial charge in [-0.3, -0.25) is 4.79 Å². The lowest BCUT2D eigenvalue weighted by atomic mass is 10.0. The molecule has 0 aromatic heterocycles. The second kappa shape index (κ2) is 5.29. The number of hydrogen-bond acceptors (Lipinski definition) is 2. The van der Waals surface area contributed by atoms with E-state index in [0.29, 0.717) is 16.9 Å². The summed E-state index contributed by atoms with van der Waals surface area (Å²) < 4.78 is 0. The molecule has 0 saturated carbocycles. The Kier molecular flexibility index (Phi) is 3.32. The predicted molar refractivity (Wildman–Crippen MR) is 87.5 cm³/mol. The number of hydrogen-bond donors (Lipinski definition) is 2.